The molecule has 0 saturated carbocycles. The van der Waals surface area contributed by atoms with Crippen molar-refractivity contribution in [3.05, 3.63) is 0 Å². The van der Waals surface area contributed by atoms with Crippen LogP contribution < -0.4 is 0 Å². The average Bonchev–Trinajstić information content (AvgIpc) is 2.61. The molecule has 2 nitrogen and oxygen atoms in total. The van der Waals surface area contributed by atoms with Gasteiger partial charge in [0.2, 0.25) is 5.91 Å². The molecular weight excluding hydrogens is 246 g/mol. The van der Waals surface area contributed by atoms with E-state index in [-0.39, 0.29) is 0 Å². The number of piperidine rings is 1. The molecule has 0 aromatic carbocycles. The fourth-order valence-corrected chi connectivity index (χ4v) is 3.94. The molecule has 2 saturated heterocycles. The van der Waals surface area contributed by atoms with Gasteiger partial charge in [0.15, 0.2) is 0 Å². The number of carbonyl (C=O) groups is 1. The summed E-state index contributed by atoms with van der Waals surface area (Å²) in [5, 5.41) is 0.302. The van der Waals surface area contributed by atoms with Crippen molar-refractivity contribution in [1.29, 1.82) is 0 Å². The Morgan fingerprint density at radius 3 is 2.33 bits per heavy atom. The molecule has 0 aromatic rings. The van der Waals surface area contributed by atoms with Crippen LogP contribution in [0.2, 0.25) is 0 Å². The van der Waals surface area contributed by atoms with Crippen molar-refractivity contribution in [3.63, 3.8) is 0 Å². The van der Waals surface area contributed by atoms with Crippen LogP contribution in [0, 0.1) is 0 Å². The van der Waals surface area contributed by atoms with Crippen LogP contribution in [-0.2, 0) is 4.79 Å². The first kappa shape index (κ1) is 14.2. The highest BCUT2D eigenvalue weighted by atomic mass is 35.5. The van der Waals surface area contributed by atoms with Crippen LogP contribution >= 0.6 is 11.6 Å². The van der Waals surface area contributed by atoms with Gasteiger partial charge in [-0.15, -0.1) is 11.6 Å². The summed E-state index contributed by atoms with van der Waals surface area (Å²) in [6.07, 6.45) is 11.3. The molecule has 1 amide bonds. The van der Waals surface area contributed by atoms with E-state index in [1.54, 1.807) is 0 Å². The number of halogens is 1. The molecule has 18 heavy (non-hydrogen) atoms. The van der Waals surface area contributed by atoms with Crippen LogP contribution in [0.15, 0.2) is 0 Å². The number of hydrogen-bond donors (Lipinski definition) is 0. The quantitative estimate of drug-likeness (QED) is 0.526. The molecule has 2 bridgehead atoms. The lowest BCUT2D eigenvalue weighted by Crippen LogP contribution is -2.46. The van der Waals surface area contributed by atoms with Crippen molar-refractivity contribution in [2.45, 2.75) is 88.6 Å². The van der Waals surface area contributed by atoms with Crippen LogP contribution in [-0.4, -0.2) is 28.3 Å². The van der Waals surface area contributed by atoms with Crippen molar-refractivity contribution in [1.82, 2.24) is 4.90 Å². The first-order valence-electron chi connectivity index (χ1n) is 7.67. The number of hydrogen-bond acceptors (Lipinski definition) is 1. The summed E-state index contributed by atoms with van der Waals surface area (Å²) in [7, 11) is 0. The minimum Gasteiger partial charge on any atom is -0.337 e. The number of fused-ring (bicyclic) bond motifs is 2. The van der Waals surface area contributed by atoms with Gasteiger partial charge in [-0.25, -0.2) is 0 Å². The Kier molecular flexibility index (Phi) is 5.35. The maximum Gasteiger partial charge on any atom is 0.223 e. The SMILES string of the molecule is CCCCCCCC(=O)N1C2CCC1CC(Cl)C2. The Bertz CT molecular complexity index is 268. The van der Waals surface area contributed by atoms with E-state index < -0.39 is 0 Å². The molecule has 2 fully saturated rings. The standard InChI is InChI=1S/C15H26ClNO/c1-2-3-4-5-6-7-15(18)17-13-8-9-14(17)11-12(16)10-13/h12-14H,2-11H2,1H3. The zero-order valence-electron chi connectivity index (χ0n) is 11.5. The summed E-state index contributed by atoms with van der Waals surface area (Å²) in [6.45, 7) is 2.22. The molecule has 0 aliphatic carbocycles. The number of rotatable bonds is 6. The second-order valence-electron chi connectivity index (χ2n) is 5.92. The maximum absolute atomic E-state index is 12.3. The monoisotopic (exact) mass is 271 g/mol. The van der Waals surface area contributed by atoms with Crippen molar-refractivity contribution in [3.8, 4) is 0 Å². The van der Waals surface area contributed by atoms with Gasteiger partial charge in [0.05, 0.1) is 0 Å². The molecule has 2 rings (SSSR count). The lowest BCUT2D eigenvalue weighted by atomic mass is 10.0. The highest BCUT2D eigenvalue weighted by Gasteiger charge is 2.42. The van der Waals surface area contributed by atoms with Crippen LogP contribution in [0.25, 0.3) is 0 Å². The first-order chi connectivity index (χ1) is 8.72. The van der Waals surface area contributed by atoms with E-state index in [4.69, 9.17) is 11.6 Å². The van der Waals surface area contributed by atoms with Gasteiger partial charge < -0.3 is 4.90 Å². The van der Waals surface area contributed by atoms with Crippen molar-refractivity contribution >= 4 is 17.5 Å². The molecule has 3 heteroatoms. The largest absolute Gasteiger partial charge is 0.337 e. The van der Waals surface area contributed by atoms with Gasteiger partial charge in [-0.05, 0) is 32.1 Å². The van der Waals surface area contributed by atoms with E-state index in [0.29, 0.717) is 23.4 Å². The van der Waals surface area contributed by atoms with E-state index in [0.717, 1.165) is 25.7 Å². The molecule has 0 N–H and O–H groups in total. The van der Waals surface area contributed by atoms with E-state index in [9.17, 15) is 4.79 Å². The Balaban J connectivity index is 1.73. The Morgan fingerprint density at radius 2 is 1.72 bits per heavy atom. The fraction of sp³-hybridized carbons (Fsp3) is 0.933. The van der Waals surface area contributed by atoms with Gasteiger partial charge >= 0.3 is 0 Å². The zero-order valence-corrected chi connectivity index (χ0v) is 12.3. The second kappa shape index (κ2) is 6.79. The highest BCUT2D eigenvalue weighted by Crippen LogP contribution is 2.38. The number of nitrogens with zero attached hydrogens (tertiary/aromatic N) is 1. The molecule has 0 aromatic heterocycles. The normalized spacial score (nSPS) is 30.8. The van der Waals surface area contributed by atoms with Crippen LogP contribution in [0.4, 0.5) is 0 Å². The van der Waals surface area contributed by atoms with E-state index in [1.165, 1.54) is 38.5 Å². The van der Waals surface area contributed by atoms with Crippen LogP contribution in [0.5, 0.6) is 0 Å². The zero-order chi connectivity index (χ0) is 13.0. The molecule has 0 radical (unpaired) electrons. The predicted molar refractivity (Wildman–Crippen MR) is 75.9 cm³/mol. The molecule has 2 aliphatic heterocycles. The van der Waals surface area contributed by atoms with E-state index in [1.807, 2.05) is 0 Å². The summed E-state index contributed by atoms with van der Waals surface area (Å²) in [5.41, 5.74) is 0. The lowest BCUT2D eigenvalue weighted by Gasteiger charge is -2.37. The van der Waals surface area contributed by atoms with Gasteiger partial charge in [-0.2, -0.15) is 0 Å². The molecule has 2 unspecified atom stereocenters. The third-order valence-corrected chi connectivity index (χ3v) is 4.81. The first-order valence-corrected chi connectivity index (χ1v) is 8.11. The predicted octanol–water partition coefficient (Wildman–Crippen LogP) is 4.11. The average molecular weight is 272 g/mol. The summed E-state index contributed by atoms with van der Waals surface area (Å²) in [4.78, 5) is 14.5. The van der Waals surface area contributed by atoms with Gasteiger partial charge in [0.25, 0.3) is 0 Å². The van der Waals surface area contributed by atoms with Crippen LogP contribution in [0.3, 0.4) is 0 Å². The molecule has 2 aliphatic rings. The topological polar surface area (TPSA) is 20.3 Å². The second-order valence-corrected chi connectivity index (χ2v) is 6.54. The highest BCUT2D eigenvalue weighted by molar-refractivity contribution is 6.20. The van der Waals surface area contributed by atoms with Gasteiger partial charge in [0, 0.05) is 23.9 Å². The minimum atomic E-state index is 0.302. The van der Waals surface area contributed by atoms with E-state index in [2.05, 4.69) is 11.8 Å². The van der Waals surface area contributed by atoms with Gasteiger partial charge in [-0.1, -0.05) is 32.6 Å². The lowest BCUT2D eigenvalue weighted by molar-refractivity contribution is -0.135. The minimum absolute atomic E-state index is 0.302. The smallest absolute Gasteiger partial charge is 0.223 e. The third-order valence-electron chi connectivity index (χ3n) is 4.46. The Morgan fingerprint density at radius 1 is 1.11 bits per heavy atom. The van der Waals surface area contributed by atoms with Crippen molar-refractivity contribution in [2.24, 2.45) is 0 Å². The summed E-state index contributed by atoms with van der Waals surface area (Å²) >= 11 is 6.24. The number of unbranched alkanes of at least 4 members (excludes halogenated alkanes) is 4. The summed E-state index contributed by atoms with van der Waals surface area (Å²) in [5.74, 6) is 0.391. The van der Waals surface area contributed by atoms with Crippen molar-refractivity contribution < 1.29 is 4.79 Å². The Hall–Kier alpha value is -0.240. The Labute approximate surface area is 116 Å². The van der Waals surface area contributed by atoms with E-state index >= 15 is 0 Å². The maximum atomic E-state index is 12.3. The summed E-state index contributed by atoms with van der Waals surface area (Å²) in [6, 6.07) is 0.906. The molecular formula is C15H26ClNO. The molecule has 2 heterocycles. The number of amides is 1. The van der Waals surface area contributed by atoms with Crippen molar-refractivity contribution in [2.75, 3.05) is 0 Å². The molecule has 104 valence electrons. The molecule has 0 spiro atoms. The molecule has 2 atom stereocenters. The van der Waals surface area contributed by atoms with Gasteiger partial charge in [-0.3, -0.25) is 4.79 Å². The number of alkyl halides is 1. The third kappa shape index (κ3) is 3.40. The van der Waals surface area contributed by atoms with Gasteiger partial charge in [0.1, 0.15) is 0 Å². The van der Waals surface area contributed by atoms with Crippen LogP contribution in [0.1, 0.15) is 71.1 Å². The fourth-order valence-electron chi connectivity index (χ4n) is 3.53. The number of carbonyl (C=O) groups excluding carboxylic acids is 1. The summed E-state index contributed by atoms with van der Waals surface area (Å²) < 4.78 is 0.